The van der Waals surface area contributed by atoms with Gasteiger partial charge >= 0.3 is 0 Å². The highest BCUT2D eigenvalue weighted by atomic mass is 16.5. The highest BCUT2D eigenvalue weighted by Gasteiger charge is 2.49. The average molecular weight is 402 g/mol. The molecule has 3 fully saturated rings. The predicted molar refractivity (Wildman–Crippen MR) is 108 cm³/mol. The fraction of sp³-hybridized carbons (Fsp3) is 0.700. The molecule has 0 radical (unpaired) electrons. The van der Waals surface area contributed by atoms with Crippen molar-refractivity contribution in [2.24, 2.45) is 11.8 Å². The summed E-state index contributed by atoms with van der Waals surface area (Å²) in [5.41, 5.74) is 5.86. The molecule has 158 valence electrons. The van der Waals surface area contributed by atoms with Crippen LogP contribution in [0.3, 0.4) is 0 Å². The van der Waals surface area contributed by atoms with E-state index in [2.05, 4.69) is 25.1 Å². The fourth-order valence-electron chi connectivity index (χ4n) is 5.22. The first-order chi connectivity index (χ1) is 14.1. The molecule has 3 aliphatic heterocycles. The highest BCUT2D eigenvalue weighted by Crippen LogP contribution is 2.42. The van der Waals surface area contributed by atoms with Crippen molar-refractivity contribution in [2.75, 3.05) is 43.5 Å². The highest BCUT2D eigenvalue weighted by molar-refractivity contribution is 5.79. The Morgan fingerprint density at radius 2 is 2.17 bits per heavy atom. The van der Waals surface area contributed by atoms with Gasteiger partial charge < -0.3 is 25.6 Å². The Balaban J connectivity index is 1.53. The van der Waals surface area contributed by atoms with Crippen molar-refractivity contribution >= 4 is 23.5 Å². The van der Waals surface area contributed by atoms with E-state index < -0.39 is 0 Å². The fourth-order valence-corrected chi connectivity index (χ4v) is 5.22. The summed E-state index contributed by atoms with van der Waals surface area (Å²) in [5.74, 6) is 2.06. The number of fused-ring (bicyclic) bond motifs is 4. The van der Waals surface area contributed by atoms with Gasteiger partial charge in [0.2, 0.25) is 11.8 Å². The molecule has 9 heteroatoms. The van der Waals surface area contributed by atoms with Crippen LogP contribution in [0, 0.1) is 11.8 Å². The van der Waals surface area contributed by atoms with E-state index in [1.165, 1.54) is 6.33 Å². The molecule has 9 nitrogen and oxygen atoms in total. The smallest absolute Gasteiger partial charge is 0.246 e. The second-order valence-corrected chi connectivity index (χ2v) is 8.23. The molecule has 4 atom stereocenters. The summed E-state index contributed by atoms with van der Waals surface area (Å²) in [7, 11) is 0. The number of nitrogens with one attached hydrogen (secondary N) is 1. The van der Waals surface area contributed by atoms with Gasteiger partial charge in [0.25, 0.3) is 0 Å². The van der Waals surface area contributed by atoms with Crippen molar-refractivity contribution in [3.05, 3.63) is 12.4 Å². The first-order valence-corrected chi connectivity index (χ1v) is 10.5. The summed E-state index contributed by atoms with van der Waals surface area (Å²) in [4.78, 5) is 37.7. The van der Waals surface area contributed by atoms with E-state index in [1.54, 1.807) is 0 Å². The maximum Gasteiger partial charge on any atom is 0.246 e. The van der Waals surface area contributed by atoms with E-state index in [1.807, 2.05) is 13.0 Å². The van der Waals surface area contributed by atoms with Gasteiger partial charge in [-0.1, -0.05) is 0 Å². The number of carbonyl (C=O) groups is 2. The zero-order valence-electron chi connectivity index (χ0n) is 16.9. The van der Waals surface area contributed by atoms with Crippen molar-refractivity contribution in [1.82, 2.24) is 20.2 Å². The van der Waals surface area contributed by atoms with Crippen LogP contribution >= 0.6 is 0 Å². The molecule has 0 saturated carbocycles. The second-order valence-electron chi connectivity index (χ2n) is 8.23. The lowest BCUT2D eigenvalue weighted by molar-refractivity contribution is -0.149. The van der Waals surface area contributed by atoms with Gasteiger partial charge in [-0.05, 0) is 38.0 Å². The van der Waals surface area contributed by atoms with Crippen LogP contribution in [0.25, 0.3) is 0 Å². The van der Waals surface area contributed by atoms with E-state index in [4.69, 9.17) is 10.5 Å². The molecule has 0 unspecified atom stereocenters. The zero-order valence-corrected chi connectivity index (χ0v) is 16.9. The lowest BCUT2D eigenvalue weighted by atomic mass is 9.72. The molecule has 4 rings (SSSR count). The lowest BCUT2D eigenvalue weighted by Gasteiger charge is -2.56. The van der Waals surface area contributed by atoms with E-state index in [-0.39, 0.29) is 36.4 Å². The predicted octanol–water partition coefficient (Wildman–Crippen LogP) is 0.417. The summed E-state index contributed by atoms with van der Waals surface area (Å²) < 4.78 is 5.20. The SMILES string of the molecule is CCOCC(=O)NC[C@H]1[C@H]2C[C@H](CN(c3cc(N)ncn3)C2)[C@@H]2CCCC(=O)N21. The quantitative estimate of drug-likeness (QED) is 0.709. The largest absolute Gasteiger partial charge is 0.384 e. The number of hydrogen-bond donors (Lipinski definition) is 2. The first-order valence-electron chi connectivity index (χ1n) is 10.5. The number of ether oxygens (including phenoxy) is 1. The monoisotopic (exact) mass is 402 g/mol. The second kappa shape index (κ2) is 8.52. The van der Waals surface area contributed by atoms with E-state index >= 15 is 0 Å². The number of piperidine rings is 3. The number of nitrogen functional groups attached to an aromatic ring is 1. The molecular weight excluding hydrogens is 372 g/mol. The Morgan fingerprint density at radius 1 is 1.34 bits per heavy atom. The van der Waals surface area contributed by atoms with Crippen LogP contribution in [-0.2, 0) is 14.3 Å². The number of carbonyl (C=O) groups excluding carboxylic acids is 2. The molecule has 2 bridgehead atoms. The Morgan fingerprint density at radius 3 is 2.97 bits per heavy atom. The lowest BCUT2D eigenvalue weighted by Crippen LogP contribution is -2.67. The maximum absolute atomic E-state index is 12.8. The maximum atomic E-state index is 12.8. The molecule has 29 heavy (non-hydrogen) atoms. The third-order valence-electron chi connectivity index (χ3n) is 6.44. The molecule has 0 aromatic carbocycles. The van der Waals surface area contributed by atoms with Gasteiger partial charge in [0.15, 0.2) is 0 Å². The van der Waals surface area contributed by atoms with Crippen molar-refractivity contribution in [2.45, 2.75) is 44.7 Å². The van der Waals surface area contributed by atoms with Gasteiger partial charge in [-0.2, -0.15) is 0 Å². The van der Waals surface area contributed by atoms with Gasteiger partial charge in [-0.3, -0.25) is 9.59 Å². The van der Waals surface area contributed by atoms with Crippen LogP contribution in [0.2, 0.25) is 0 Å². The standard InChI is InChI=1S/C20H30N6O3/c1-2-29-11-19(27)22-8-16-14-6-13(15-4-3-5-20(28)26(15)16)9-25(10-14)18-7-17(21)23-12-24-18/h7,12-16H,2-6,8-11H2,1H3,(H,22,27)(H2,21,23,24)/t13-,14+,15+,16+/m1/s1. The molecule has 3 saturated heterocycles. The van der Waals surface area contributed by atoms with Crippen molar-refractivity contribution in [3.8, 4) is 0 Å². The molecule has 2 amide bonds. The number of hydrogen-bond acceptors (Lipinski definition) is 7. The topological polar surface area (TPSA) is 114 Å². The summed E-state index contributed by atoms with van der Waals surface area (Å²) in [6.45, 7) is 4.54. The van der Waals surface area contributed by atoms with Crippen molar-refractivity contribution < 1.29 is 14.3 Å². The zero-order chi connectivity index (χ0) is 20.4. The molecule has 1 aromatic rings. The third kappa shape index (κ3) is 4.14. The minimum Gasteiger partial charge on any atom is -0.384 e. The van der Waals surface area contributed by atoms with E-state index in [0.717, 1.165) is 38.2 Å². The Hall–Kier alpha value is -2.42. The van der Waals surface area contributed by atoms with Crippen molar-refractivity contribution in [3.63, 3.8) is 0 Å². The molecule has 1 aromatic heterocycles. The molecular formula is C20H30N6O3. The number of nitrogens with zero attached hydrogens (tertiary/aromatic N) is 4. The first kappa shape index (κ1) is 19.9. The number of aromatic nitrogens is 2. The molecule has 3 N–H and O–H groups in total. The van der Waals surface area contributed by atoms with Crippen LogP contribution in [0.5, 0.6) is 0 Å². The Labute approximate surface area is 171 Å². The van der Waals surface area contributed by atoms with Crippen LogP contribution < -0.4 is 16.0 Å². The van der Waals surface area contributed by atoms with E-state index in [9.17, 15) is 9.59 Å². The van der Waals surface area contributed by atoms with Gasteiger partial charge in [0, 0.05) is 44.8 Å². The molecule has 0 spiro atoms. The van der Waals surface area contributed by atoms with Gasteiger partial charge in [-0.25, -0.2) is 9.97 Å². The Kier molecular flexibility index (Phi) is 5.84. The van der Waals surface area contributed by atoms with Gasteiger partial charge in [0.05, 0.1) is 6.04 Å². The normalized spacial score (nSPS) is 28.8. The average Bonchev–Trinajstić information content (AvgIpc) is 2.72. The third-order valence-corrected chi connectivity index (χ3v) is 6.44. The number of rotatable bonds is 6. The van der Waals surface area contributed by atoms with Crippen LogP contribution in [0.1, 0.15) is 32.6 Å². The summed E-state index contributed by atoms with van der Waals surface area (Å²) in [5, 5.41) is 2.99. The summed E-state index contributed by atoms with van der Waals surface area (Å²) in [6.07, 6.45) is 5.12. The van der Waals surface area contributed by atoms with Crippen LogP contribution in [0.4, 0.5) is 11.6 Å². The minimum atomic E-state index is -0.133. The summed E-state index contributed by atoms with van der Waals surface area (Å²) in [6, 6.07) is 2.03. The summed E-state index contributed by atoms with van der Waals surface area (Å²) >= 11 is 0. The van der Waals surface area contributed by atoms with E-state index in [0.29, 0.717) is 31.3 Å². The van der Waals surface area contributed by atoms with Gasteiger partial charge in [-0.15, -0.1) is 0 Å². The number of nitrogens with two attached hydrogens (primary N) is 1. The number of amides is 2. The minimum absolute atomic E-state index is 0.00314. The van der Waals surface area contributed by atoms with Crippen LogP contribution in [0.15, 0.2) is 12.4 Å². The van der Waals surface area contributed by atoms with Crippen LogP contribution in [-0.4, -0.2) is 71.6 Å². The molecule has 4 heterocycles. The number of anilines is 2. The van der Waals surface area contributed by atoms with Crippen molar-refractivity contribution in [1.29, 1.82) is 0 Å². The van der Waals surface area contributed by atoms with Gasteiger partial charge in [0.1, 0.15) is 24.6 Å². The molecule has 3 aliphatic rings. The molecule has 0 aliphatic carbocycles. The Bertz CT molecular complexity index is 759.